The summed E-state index contributed by atoms with van der Waals surface area (Å²) in [6, 6.07) is 0.187. The molecule has 1 aliphatic rings. The van der Waals surface area contributed by atoms with Gasteiger partial charge in [0.25, 0.3) is 11.8 Å². The molecule has 8 nitrogen and oxygen atoms in total. The molecule has 1 aliphatic heterocycles. The van der Waals surface area contributed by atoms with Crippen LogP contribution in [0.5, 0.6) is 0 Å². The van der Waals surface area contributed by atoms with Crippen LogP contribution in [-0.2, 0) is 0 Å². The van der Waals surface area contributed by atoms with Crippen LogP contribution in [0.2, 0.25) is 5.02 Å². The number of alkyl halides is 2. The van der Waals surface area contributed by atoms with Crippen molar-refractivity contribution in [1.82, 2.24) is 29.9 Å². The van der Waals surface area contributed by atoms with Gasteiger partial charge in [0, 0.05) is 19.5 Å². The Bertz CT molecular complexity index is 1100. The number of likely N-dealkylation sites (tertiary alicyclic amines) is 1. The van der Waals surface area contributed by atoms with E-state index in [0.717, 1.165) is 21.8 Å². The van der Waals surface area contributed by atoms with E-state index in [1.54, 1.807) is 0 Å². The standard InChI is InChI=1S/C18H14ClF4N7O/c19-10-7-24-17(25-8-10)26-9-13-18(22,23)3-6-29(13)16(31)11-1-2-12(20)14(21)15(11)30-27-4-5-28-30/h1-2,4-5,7-8,13H,3,6,9H2,(H,24,25,26)/t13-/m1/s1. The van der Waals surface area contributed by atoms with Gasteiger partial charge in [-0.2, -0.15) is 10.2 Å². The van der Waals surface area contributed by atoms with Crippen LogP contribution in [-0.4, -0.2) is 60.8 Å². The third-order valence-electron chi connectivity index (χ3n) is 4.80. The van der Waals surface area contributed by atoms with E-state index in [1.165, 1.54) is 24.8 Å². The molecule has 13 heteroatoms. The molecule has 1 amide bonds. The summed E-state index contributed by atoms with van der Waals surface area (Å²) < 4.78 is 57.4. The van der Waals surface area contributed by atoms with Crippen LogP contribution in [0.25, 0.3) is 5.69 Å². The third kappa shape index (κ3) is 4.02. The van der Waals surface area contributed by atoms with Crippen LogP contribution < -0.4 is 5.32 Å². The number of benzene rings is 1. The summed E-state index contributed by atoms with van der Waals surface area (Å²) in [5.74, 6) is -6.68. The minimum absolute atomic E-state index is 0.0498. The summed E-state index contributed by atoms with van der Waals surface area (Å²) in [6.07, 6.45) is 4.41. The Balaban J connectivity index is 1.64. The normalized spacial score (nSPS) is 17.7. The molecule has 0 saturated carbocycles. The predicted octanol–water partition coefficient (Wildman–Crippen LogP) is 2.95. The molecule has 0 spiro atoms. The number of nitrogens with one attached hydrogen (secondary N) is 1. The highest BCUT2D eigenvalue weighted by atomic mass is 35.5. The maximum Gasteiger partial charge on any atom is 0.271 e. The average Bonchev–Trinajstić information content (AvgIpc) is 3.37. The van der Waals surface area contributed by atoms with Crippen molar-refractivity contribution in [2.45, 2.75) is 18.4 Å². The summed E-state index contributed by atoms with van der Waals surface area (Å²) in [4.78, 5) is 22.5. The van der Waals surface area contributed by atoms with Crippen molar-refractivity contribution in [3.05, 3.63) is 59.1 Å². The van der Waals surface area contributed by atoms with E-state index in [1.807, 2.05) is 0 Å². The third-order valence-corrected chi connectivity index (χ3v) is 5.00. The van der Waals surface area contributed by atoms with Crippen molar-refractivity contribution in [1.29, 1.82) is 0 Å². The summed E-state index contributed by atoms with van der Waals surface area (Å²) in [6.45, 7) is -0.663. The Morgan fingerprint density at radius 1 is 1.19 bits per heavy atom. The number of anilines is 1. The van der Waals surface area contributed by atoms with Crippen LogP contribution in [0.3, 0.4) is 0 Å². The van der Waals surface area contributed by atoms with E-state index in [2.05, 4.69) is 25.5 Å². The second kappa shape index (κ2) is 8.10. The van der Waals surface area contributed by atoms with Crippen LogP contribution in [0.1, 0.15) is 16.8 Å². The van der Waals surface area contributed by atoms with Gasteiger partial charge >= 0.3 is 0 Å². The monoisotopic (exact) mass is 455 g/mol. The first-order chi connectivity index (χ1) is 14.8. The zero-order valence-corrected chi connectivity index (χ0v) is 16.4. The fourth-order valence-corrected chi connectivity index (χ4v) is 3.41. The number of carbonyl (C=O) groups excluding carboxylic acids is 1. The van der Waals surface area contributed by atoms with Gasteiger partial charge in [-0.05, 0) is 12.1 Å². The lowest BCUT2D eigenvalue weighted by atomic mass is 10.1. The molecular formula is C18H14ClF4N7O. The maximum absolute atomic E-state index is 14.6. The van der Waals surface area contributed by atoms with Gasteiger partial charge in [0.1, 0.15) is 11.7 Å². The van der Waals surface area contributed by atoms with Crippen LogP contribution >= 0.6 is 11.6 Å². The Hall–Kier alpha value is -3.28. The highest BCUT2D eigenvalue weighted by molar-refractivity contribution is 6.30. The zero-order chi connectivity index (χ0) is 22.2. The summed E-state index contributed by atoms with van der Waals surface area (Å²) in [5.41, 5.74) is -0.904. The average molecular weight is 456 g/mol. The largest absolute Gasteiger partial charge is 0.352 e. The summed E-state index contributed by atoms with van der Waals surface area (Å²) in [7, 11) is 0. The van der Waals surface area contributed by atoms with E-state index in [4.69, 9.17) is 11.6 Å². The lowest BCUT2D eigenvalue weighted by molar-refractivity contribution is -0.0249. The molecule has 1 saturated heterocycles. The number of hydrogen-bond donors (Lipinski definition) is 1. The lowest BCUT2D eigenvalue weighted by Crippen LogP contribution is -2.47. The van der Waals surface area contributed by atoms with Crippen molar-refractivity contribution in [3.63, 3.8) is 0 Å². The molecule has 31 heavy (non-hydrogen) atoms. The number of halogens is 5. The van der Waals surface area contributed by atoms with Crippen molar-refractivity contribution >= 4 is 23.5 Å². The van der Waals surface area contributed by atoms with E-state index in [-0.39, 0.29) is 29.6 Å². The smallest absolute Gasteiger partial charge is 0.271 e. The van der Waals surface area contributed by atoms with E-state index < -0.39 is 41.6 Å². The Labute approximate surface area is 177 Å². The number of rotatable bonds is 5. The molecule has 0 aliphatic carbocycles. The molecule has 1 atom stereocenters. The number of carbonyl (C=O) groups is 1. The number of hydrogen-bond acceptors (Lipinski definition) is 6. The van der Waals surface area contributed by atoms with Gasteiger partial charge in [0.15, 0.2) is 11.6 Å². The van der Waals surface area contributed by atoms with Gasteiger partial charge in [-0.25, -0.2) is 27.5 Å². The van der Waals surface area contributed by atoms with E-state index >= 15 is 0 Å². The molecule has 0 unspecified atom stereocenters. The van der Waals surface area contributed by atoms with E-state index in [0.29, 0.717) is 0 Å². The molecule has 1 aromatic carbocycles. The van der Waals surface area contributed by atoms with E-state index in [9.17, 15) is 22.4 Å². The van der Waals surface area contributed by atoms with Crippen molar-refractivity contribution in [3.8, 4) is 5.69 Å². The first kappa shape index (κ1) is 21.0. The fourth-order valence-electron chi connectivity index (χ4n) is 3.31. The molecule has 4 rings (SSSR count). The fraction of sp³-hybridized carbons (Fsp3) is 0.278. The molecule has 2 aromatic heterocycles. The van der Waals surface area contributed by atoms with Gasteiger partial charge in [-0.15, -0.1) is 4.80 Å². The molecule has 0 radical (unpaired) electrons. The van der Waals surface area contributed by atoms with Gasteiger partial charge in [0.05, 0.1) is 35.4 Å². The topological polar surface area (TPSA) is 88.8 Å². The van der Waals surface area contributed by atoms with Gasteiger partial charge < -0.3 is 10.2 Å². The number of amides is 1. The van der Waals surface area contributed by atoms with Gasteiger partial charge in [-0.1, -0.05) is 11.6 Å². The molecule has 162 valence electrons. The molecule has 1 fully saturated rings. The molecule has 1 N–H and O–H groups in total. The molecule has 3 heterocycles. The van der Waals surface area contributed by atoms with Crippen LogP contribution in [0.4, 0.5) is 23.5 Å². The maximum atomic E-state index is 14.6. The second-order valence-electron chi connectivity index (χ2n) is 6.71. The van der Waals surface area contributed by atoms with Crippen LogP contribution in [0.15, 0.2) is 36.9 Å². The zero-order valence-electron chi connectivity index (χ0n) is 15.6. The number of aromatic nitrogens is 5. The highest BCUT2D eigenvalue weighted by Crippen LogP contribution is 2.36. The first-order valence-electron chi connectivity index (χ1n) is 9.03. The van der Waals surface area contributed by atoms with Crippen molar-refractivity contribution in [2.75, 3.05) is 18.4 Å². The quantitative estimate of drug-likeness (QED) is 0.595. The molecular weight excluding hydrogens is 442 g/mol. The van der Waals surface area contributed by atoms with Gasteiger partial charge in [-0.3, -0.25) is 4.79 Å². The van der Waals surface area contributed by atoms with Crippen LogP contribution in [0, 0.1) is 11.6 Å². The predicted molar refractivity (Wildman–Crippen MR) is 101 cm³/mol. The Morgan fingerprint density at radius 2 is 1.87 bits per heavy atom. The minimum Gasteiger partial charge on any atom is -0.352 e. The number of nitrogens with zero attached hydrogens (tertiary/aromatic N) is 6. The Kier molecular flexibility index (Phi) is 5.48. The minimum atomic E-state index is -3.22. The van der Waals surface area contributed by atoms with Gasteiger partial charge in [0.2, 0.25) is 5.95 Å². The summed E-state index contributed by atoms with van der Waals surface area (Å²) in [5, 5.41) is 10.4. The second-order valence-corrected chi connectivity index (χ2v) is 7.14. The van der Waals surface area contributed by atoms with Crippen molar-refractivity contribution < 1.29 is 22.4 Å². The Morgan fingerprint density at radius 3 is 2.55 bits per heavy atom. The first-order valence-corrected chi connectivity index (χ1v) is 9.40. The molecule has 0 bridgehead atoms. The van der Waals surface area contributed by atoms with Crippen molar-refractivity contribution in [2.24, 2.45) is 0 Å². The SMILES string of the molecule is O=C(c1ccc(F)c(F)c1-n1nccn1)N1CCC(F)(F)[C@H]1CNc1ncc(Cl)cn1. The highest BCUT2D eigenvalue weighted by Gasteiger charge is 2.51. The summed E-state index contributed by atoms with van der Waals surface area (Å²) >= 11 is 5.70. The molecule has 3 aromatic rings. The lowest BCUT2D eigenvalue weighted by Gasteiger charge is -2.28.